The van der Waals surface area contributed by atoms with E-state index in [-0.39, 0.29) is 43.0 Å². The van der Waals surface area contributed by atoms with Crippen LogP contribution in [0.25, 0.3) is 0 Å². The summed E-state index contributed by atoms with van der Waals surface area (Å²) in [5.74, 6) is -0.0483. The van der Waals surface area contributed by atoms with Gasteiger partial charge < -0.3 is 15.0 Å². The summed E-state index contributed by atoms with van der Waals surface area (Å²) in [5, 5.41) is 3.25. The molecule has 0 aliphatic carbocycles. The first-order valence-electron chi connectivity index (χ1n) is 9.21. The van der Waals surface area contributed by atoms with Crippen molar-refractivity contribution in [2.24, 2.45) is 0 Å². The smallest absolute Gasteiger partial charge is 0.258 e. The van der Waals surface area contributed by atoms with Gasteiger partial charge >= 0.3 is 0 Å². The van der Waals surface area contributed by atoms with Crippen LogP contribution in [0.1, 0.15) is 37.8 Å². The average Bonchev–Trinajstić information content (AvgIpc) is 2.61. The van der Waals surface area contributed by atoms with Crippen molar-refractivity contribution in [3.8, 4) is 5.75 Å². The number of carbonyl (C=O) groups excluding carboxylic acids is 2. The summed E-state index contributed by atoms with van der Waals surface area (Å²) >= 11 is 6.17. The highest BCUT2D eigenvalue weighted by Gasteiger charge is 2.28. The third-order valence-corrected chi connectivity index (χ3v) is 6.69. The second kappa shape index (κ2) is 9.13. The first-order chi connectivity index (χ1) is 13.0. The number of nitrogens with zero attached hydrogens (tertiary/aromatic N) is 1. The molecule has 28 heavy (non-hydrogen) atoms. The van der Waals surface area contributed by atoms with E-state index < -0.39 is 21.8 Å². The Bertz CT molecular complexity index is 840. The molecule has 1 unspecified atom stereocenters. The third kappa shape index (κ3) is 5.85. The zero-order valence-electron chi connectivity index (χ0n) is 16.6. The molecule has 0 aromatic heterocycles. The Labute approximate surface area is 171 Å². The monoisotopic (exact) mass is 430 g/mol. The Morgan fingerprint density at radius 3 is 2.39 bits per heavy atom. The van der Waals surface area contributed by atoms with Gasteiger partial charge in [-0.3, -0.25) is 9.59 Å². The van der Waals surface area contributed by atoms with Crippen molar-refractivity contribution < 1.29 is 22.7 Å². The van der Waals surface area contributed by atoms with Crippen LogP contribution in [0.5, 0.6) is 5.75 Å². The molecule has 0 spiro atoms. The van der Waals surface area contributed by atoms with Gasteiger partial charge in [0.1, 0.15) is 11.8 Å². The lowest BCUT2D eigenvalue weighted by Gasteiger charge is -2.29. The number of benzene rings is 1. The number of hydrogen-bond acceptors (Lipinski definition) is 5. The first-order valence-corrected chi connectivity index (χ1v) is 11.4. The molecule has 1 heterocycles. The van der Waals surface area contributed by atoms with Crippen molar-refractivity contribution in [1.29, 1.82) is 0 Å². The number of carbonyl (C=O) groups is 2. The molecule has 2 amide bonds. The molecule has 1 aromatic rings. The van der Waals surface area contributed by atoms with Gasteiger partial charge in [-0.05, 0) is 43.0 Å². The summed E-state index contributed by atoms with van der Waals surface area (Å²) in [7, 11) is -3.07. The molecule has 1 atom stereocenters. The van der Waals surface area contributed by atoms with Gasteiger partial charge in [0, 0.05) is 18.1 Å². The van der Waals surface area contributed by atoms with Gasteiger partial charge in [0.15, 0.2) is 16.4 Å². The molecule has 1 aliphatic heterocycles. The van der Waals surface area contributed by atoms with Crippen LogP contribution in [-0.2, 0) is 19.4 Å². The summed E-state index contributed by atoms with van der Waals surface area (Å²) in [6, 6.07) is 2.88. The Kier molecular flexibility index (Phi) is 7.33. The lowest BCUT2D eigenvalue weighted by molar-refractivity contribution is -0.136. The highest BCUT2D eigenvalue weighted by molar-refractivity contribution is 7.91. The van der Waals surface area contributed by atoms with Gasteiger partial charge in [-0.25, -0.2) is 8.42 Å². The zero-order valence-corrected chi connectivity index (χ0v) is 18.2. The molecule has 0 saturated carbocycles. The van der Waals surface area contributed by atoms with E-state index in [0.717, 1.165) is 11.1 Å². The molecular formula is C19H27ClN2O5S. The molecular weight excluding hydrogens is 404 g/mol. The maximum atomic E-state index is 12.4. The molecule has 1 aromatic carbocycles. The maximum absolute atomic E-state index is 12.4. The molecule has 1 aliphatic rings. The predicted molar refractivity (Wildman–Crippen MR) is 109 cm³/mol. The van der Waals surface area contributed by atoms with Crippen LogP contribution < -0.4 is 10.1 Å². The van der Waals surface area contributed by atoms with E-state index in [4.69, 9.17) is 16.3 Å². The normalized spacial score (nSPS) is 17.3. The molecule has 2 rings (SSSR count). The first kappa shape index (κ1) is 22.5. The predicted octanol–water partition coefficient (Wildman–Crippen LogP) is 1.91. The van der Waals surface area contributed by atoms with E-state index in [1.807, 2.05) is 26.8 Å². The maximum Gasteiger partial charge on any atom is 0.258 e. The lowest BCUT2D eigenvalue weighted by Crippen LogP contribution is -2.52. The molecule has 156 valence electrons. The number of sulfone groups is 1. The Balaban J connectivity index is 1.92. The van der Waals surface area contributed by atoms with E-state index in [1.54, 1.807) is 13.0 Å². The third-order valence-electron chi connectivity index (χ3n) is 4.68. The fraction of sp³-hybridized carbons (Fsp3) is 0.579. The van der Waals surface area contributed by atoms with Crippen molar-refractivity contribution in [2.75, 3.05) is 31.2 Å². The van der Waals surface area contributed by atoms with Gasteiger partial charge in [-0.2, -0.15) is 0 Å². The van der Waals surface area contributed by atoms with E-state index in [0.29, 0.717) is 10.8 Å². The summed E-state index contributed by atoms with van der Waals surface area (Å²) in [5.41, 5.74) is 1.76. The van der Waals surface area contributed by atoms with Crippen molar-refractivity contribution >= 4 is 33.3 Å². The Morgan fingerprint density at radius 2 is 1.82 bits per heavy atom. The number of nitrogens with one attached hydrogen (secondary N) is 1. The fourth-order valence-electron chi connectivity index (χ4n) is 2.94. The minimum Gasteiger partial charge on any atom is -0.483 e. The zero-order chi connectivity index (χ0) is 21.1. The summed E-state index contributed by atoms with van der Waals surface area (Å²) in [4.78, 5) is 26.1. The Morgan fingerprint density at radius 1 is 1.21 bits per heavy atom. The van der Waals surface area contributed by atoms with Crippen molar-refractivity contribution in [3.05, 3.63) is 28.3 Å². The quantitative estimate of drug-likeness (QED) is 0.744. The number of amides is 2. The van der Waals surface area contributed by atoms with E-state index >= 15 is 0 Å². The van der Waals surface area contributed by atoms with Gasteiger partial charge in [-0.1, -0.05) is 25.4 Å². The van der Waals surface area contributed by atoms with Crippen molar-refractivity contribution in [2.45, 2.75) is 39.7 Å². The number of rotatable bonds is 6. The van der Waals surface area contributed by atoms with Gasteiger partial charge in [0.25, 0.3) is 5.91 Å². The van der Waals surface area contributed by atoms with Crippen LogP contribution in [0.2, 0.25) is 5.02 Å². The van der Waals surface area contributed by atoms with Crippen LogP contribution in [0, 0.1) is 6.92 Å². The number of hydrogen-bond donors (Lipinski definition) is 1. The summed E-state index contributed by atoms with van der Waals surface area (Å²) in [6.07, 6.45) is 0. The van der Waals surface area contributed by atoms with Crippen LogP contribution in [0.15, 0.2) is 12.1 Å². The second-order valence-electron chi connectivity index (χ2n) is 7.35. The van der Waals surface area contributed by atoms with E-state index in [9.17, 15) is 18.0 Å². The molecule has 1 N–H and O–H groups in total. The topological polar surface area (TPSA) is 92.8 Å². The van der Waals surface area contributed by atoms with Gasteiger partial charge in [0.2, 0.25) is 5.91 Å². The SMILES string of the molecule is Cc1cc(OCC(=O)NC(C)C(=O)N2CCS(=O)(=O)CC2)c(C(C)C)cc1Cl. The summed E-state index contributed by atoms with van der Waals surface area (Å²) in [6.45, 7) is 7.53. The van der Waals surface area contributed by atoms with Crippen molar-refractivity contribution in [3.63, 3.8) is 0 Å². The highest BCUT2D eigenvalue weighted by Crippen LogP contribution is 2.31. The minimum absolute atomic E-state index is 0.0452. The lowest BCUT2D eigenvalue weighted by atomic mass is 10.0. The fourth-order valence-corrected chi connectivity index (χ4v) is 4.31. The highest BCUT2D eigenvalue weighted by atomic mass is 35.5. The van der Waals surface area contributed by atoms with E-state index in [2.05, 4.69) is 5.32 Å². The molecule has 9 heteroatoms. The van der Waals surface area contributed by atoms with Crippen LogP contribution in [0.3, 0.4) is 0 Å². The Hall–Kier alpha value is -1.80. The minimum atomic E-state index is -3.07. The van der Waals surface area contributed by atoms with Gasteiger partial charge in [0.05, 0.1) is 11.5 Å². The molecule has 7 nitrogen and oxygen atoms in total. The van der Waals surface area contributed by atoms with Crippen LogP contribution in [0.4, 0.5) is 0 Å². The second-order valence-corrected chi connectivity index (χ2v) is 10.1. The standard InChI is InChI=1S/C19H27ClN2O5S/c1-12(2)15-10-16(20)13(3)9-17(15)27-11-18(23)21-14(4)19(24)22-5-7-28(25,26)8-6-22/h9-10,12,14H,5-8,11H2,1-4H3,(H,21,23). The largest absolute Gasteiger partial charge is 0.483 e. The molecule has 1 saturated heterocycles. The average molecular weight is 431 g/mol. The summed E-state index contributed by atoms with van der Waals surface area (Å²) < 4.78 is 28.6. The van der Waals surface area contributed by atoms with Gasteiger partial charge in [-0.15, -0.1) is 0 Å². The number of ether oxygens (including phenoxy) is 1. The van der Waals surface area contributed by atoms with Crippen molar-refractivity contribution in [1.82, 2.24) is 10.2 Å². The molecule has 0 radical (unpaired) electrons. The molecule has 1 fully saturated rings. The van der Waals surface area contributed by atoms with E-state index in [1.165, 1.54) is 4.90 Å². The van der Waals surface area contributed by atoms with Crippen LogP contribution >= 0.6 is 11.6 Å². The number of aryl methyl sites for hydroxylation is 1. The van der Waals surface area contributed by atoms with Crippen LogP contribution in [-0.4, -0.2) is 62.4 Å². The number of halogens is 1. The molecule has 0 bridgehead atoms.